The molecule has 4 rings (SSSR count). The van der Waals surface area contributed by atoms with Crippen molar-refractivity contribution >= 4 is 0 Å². The highest BCUT2D eigenvalue weighted by atomic mass is 19.1. The summed E-state index contributed by atoms with van der Waals surface area (Å²) >= 11 is 0. The van der Waals surface area contributed by atoms with Gasteiger partial charge >= 0.3 is 0 Å². The fraction of sp³-hybridized carbons (Fsp3) is 0.273. The molecule has 0 aliphatic carbocycles. The molecule has 3 aromatic rings. The smallest absolute Gasteiger partial charge is 0.191 e. The number of nitrogens with zero attached hydrogens (tertiary/aromatic N) is 2. The van der Waals surface area contributed by atoms with Crippen molar-refractivity contribution in [2.45, 2.75) is 19.4 Å². The van der Waals surface area contributed by atoms with Gasteiger partial charge in [0.15, 0.2) is 11.7 Å². The van der Waals surface area contributed by atoms with Crippen LogP contribution in [0.15, 0.2) is 47.0 Å². The van der Waals surface area contributed by atoms with Gasteiger partial charge in [0.05, 0.1) is 24.5 Å². The van der Waals surface area contributed by atoms with Gasteiger partial charge in [-0.2, -0.15) is 5.26 Å². The molecule has 1 saturated heterocycles. The number of aryl methyl sites for hydroxylation is 1. The molecular weight excluding hydrogens is 357 g/mol. The van der Waals surface area contributed by atoms with Crippen molar-refractivity contribution < 1.29 is 13.5 Å². The molecule has 1 aliphatic heterocycles. The van der Waals surface area contributed by atoms with Gasteiger partial charge in [-0.25, -0.2) is 9.37 Å². The van der Waals surface area contributed by atoms with Crippen LogP contribution in [0.1, 0.15) is 17.0 Å². The van der Waals surface area contributed by atoms with E-state index in [-0.39, 0.29) is 11.7 Å². The maximum absolute atomic E-state index is 14.3. The van der Waals surface area contributed by atoms with Crippen LogP contribution >= 0.6 is 0 Å². The number of aromatic nitrogens is 1. The predicted molar refractivity (Wildman–Crippen MR) is 103 cm³/mol. The lowest BCUT2D eigenvalue weighted by molar-refractivity contribution is 0.0293. The minimum atomic E-state index is -0.537. The number of rotatable bonds is 4. The summed E-state index contributed by atoms with van der Waals surface area (Å²) in [5.41, 5.74) is 3.47. The Morgan fingerprint density at radius 1 is 1.32 bits per heavy atom. The lowest BCUT2D eigenvalue weighted by Gasteiger charge is -2.25. The van der Waals surface area contributed by atoms with Crippen LogP contribution in [-0.4, -0.2) is 30.8 Å². The normalized spacial score (nSPS) is 16.7. The van der Waals surface area contributed by atoms with Crippen molar-refractivity contribution in [2.24, 2.45) is 0 Å². The largest absolute Gasteiger partial charge is 0.441 e. The summed E-state index contributed by atoms with van der Waals surface area (Å²) in [5.74, 6) is 0.666. The van der Waals surface area contributed by atoms with Crippen LogP contribution < -0.4 is 5.32 Å². The van der Waals surface area contributed by atoms with Crippen molar-refractivity contribution in [1.82, 2.24) is 10.3 Å². The third kappa shape index (κ3) is 3.68. The molecule has 5 nitrogen and oxygen atoms in total. The summed E-state index contributed by atoms with van der Waals surface area (Å²) in [7, 11) is 0. The Kier molecular flexibility index (Phi) is 5.20. The number of halogens is 1. The number of morpholine rings is 1. The summed E-state index contributed by atoms with van der Waals surface area (Å²) in [6.45, 7) is 4.11. The molecule has 6 heteroatoms. The van der Waals surface area contributed by atoms with Gasteiger partial charge in [0.1, 0.15) is 11.9 Å². The number of hydrogen-bond donors (Lipinski definition) is 1. The van der Waals surface area contributed by atoms with Crippen molar-refractivity contribution in [1.29, 1.82) is 5.26 Å². The summed E-state index contributed by atoms with van der Waals surface area (Å²) in [6.07, 6.45) is 2.45. The zero-order valence-electron chi connectivity index (χ0n) is 15.5. The fourth-order valence-electron chi connectivity index (χ4n) is 3.55. The van der Waals surface area contributed by atoms with Crippen molar-refractivity contribution in [3.8, 4) is 28.5 Å². The summed E-state index contributed by atoms with van der Waals surface area (Å²) < 4.78 is 26.0. The maximum atomic E-state index is 14.3. The first kappa shape index (κ1) is 18.4. The summed E-state index contributed by atoms with van der Waals surface area (Å²) in [6, 6.07) is 12.4. The van der Waals surface area contributed by atoms with Crippen LogP contribution in [0.2, 0.25) is 0 Å². The van der Waals surface area contributed by atoms with E-state index in [1.807, 2.05) is 24.3 Å². The number of hydrogen-bond acceptors (Lipinski definition) is 5. The highest BCUT2D eigenvalue weighted by Gasteiger charge is 2.21. The first-order chi connectivity index (χ1) is 13.7. The molecule has 2 heterocycles. The zero-order valence-corrected chi connectivity index (χ0v) is 15.5. The Morgan fingerprint density at radius 3 is 2.89 bits per heavy atom. The standard InChI is InChI=1S/C22H20FN3O2/c1-14-26-13-21(28-14)22-16(9-18-12-25-7-8-27-18)3-2-4-19(22)15-5-6-17(11-24)20(23)10-15/h2-6,10,13,18,25H,7-9,12H2,1H3. The van der Waals surface area contributed by atoms with Crippen LogP contribution in [-0.2, 0) is 11.2 Å². The van der Waals surface area contributed by atoms with Gasteiger partial charge in [-0.1, -0.05) is 24.3 Å². The second kappa shape index (κ2) is 7.93. The van der Waals surface area contributed by atoms with Gasteiger partial charge in [-0.05, 0) is 28.8 Å². The number of oxazole rings is 1. The Balaban J connectivity index is 1.82. The van der Waals surface area contributed by atoms with E-state index >= 15 is 0 Å². The lowest BCUT2D eigenvalue weighted by Crippen LogP contribution is -2.39. The van der Waals surface area contributed by atoms with Crippen molar-refractivity contribution in [3.63, 3.8) is 0 Å². The van der Waals surface area contributed by atoms with E-state index in [1.54, 1.807) is 19.2 Å². The molecule has 1 N–H and O–H groups in total. The molecule has 142 valence electrons. The van der Waals surface area contributed by atoms with Crippen LogP contribution in [0.5, 0.6) is 0 Å². The first-order valence-electron chi connectivity index (χ1n) is 9.22. The molecule has 0 bridgehead atoms. The highest BCUT2D eigenvalue weighted by molar-refractivity contribution is 5.83. The van der Waals surface area contributed by atoms with E-state index < -0.39 is 5.82 Å². The van der Waals surface area contributed by atoms with Crippen molar-refractivity contribution in [2.75, 3.05) is 19.7 Å². The van der Waals surface area contributed by atoms with Gasteiger partial charge in [-0.15, -0.1) is 0 Å². The molecule has 1 unspecified atom stereocenters. The van der Waals surface area contributed by atoms with Gasteiger partial charge in [-0.3, -0.25) is 0 Å². The molecule has 0 saturated carbocycles. The van der Waals surface area contributed by atoms with E-state index in [0.717, 1.165) is 29.8 Å². The monoisotopic (exact) mass is 377 g/mol. The Hall–Kier alpha value is -3.01. The molecule has 1 aliphatic rings. The van der Waals surface area contributed by atoms with E-state index in [9.17, 15) is 4.39 Å². The van der Waals surface area contributed by atoms with Gasteiger partial charge in [0, 0.05) is 32.0 Å². The van der Waals surface area contributed by atoms with Crippen LogP contribution in [0, 0.1) is 24.1 Å². The summed E-state index contributed by atoms with van der Waals surface area (Å²) in [5, 5.41) is 12.4. The molecule has 0 spiro atoms. The quantitative estimate of drug-likeness (QED) is 0.748. The highest BCUT2D eigenvalue weighted by Crippen LogP contribution is 2.36. The van der Waals surface area contributed by atoms with E-state index in [2.05, 4.69) is 10.3 Å². The van der Waals surface area contributed by atoms with Crippen LogP contribution in [0.3, 0.4) is 0 Å². The Morgan fingerprint density at radius 2 is 2.21 bits per heavy atom. The molecule has 1 fully saturated rings. The molecule has 28 heavy (non-hydrogen) atoms. The average Bonchev–Trinajstić information content (AvgIpc) is 3.14. The second-order valence-electron chi connectivity index (χ2n) is 6.79. The van der Waals surface area contributed by atoms with Crippen molar-refractivity contribution in [3.05, 3.63) is 65.4 Å². The fourth-order valence-corrected chi connectivity index (χ4v) is 3.55. The molecular formula is C22H20FN3O2. The van der Waals surface area contributed by atoms with Crippen LogP contribution in [0.25, 0.3) is 22.5 Å². The lowest BCUT2D eigenvalue weighted by atomic mass is 9.91. The van der Waals surface area contributed by atoms with E-state index in [4.69, 9.17) is 14.4 Å². The molecule has 0 amide bonds. The topological polar surface area (TPSA) is 71.1 Å². The summed E-state index contributed by atoms with van der Waals surface area (Å²) in [4.78, 5) is 4.23. The average molecular weight is 377 g/mol. The van der Waals surface area contributed by atoms with Gasteiger partial charge in [0.2, 0.25) is 0 Å². The number of ether oxygens (including phenoxy) is 1. The predicted octanol–water partition coefficient (Wildman–Crippen LogP) is 3.86. The maximum Gasteiger partial charge on any atom is 0.191 e. The number of benzene rings is 2. The second-order valence-corrected chi connectivity index (χ2v) is 6.79. The third-order valence-corrected chi connectivity index (χ3v) is 4.87. The van der Waals surface area contributed by atoms with Gasteiger partial charge < -0.3 is 14.5 Å². The minimum Gasteiger partial charge on any atom is -0.441 e. The minimum absolute atomic E-state index is 0.0265. The zero-order chi connectivity index (χ0) is 19.5. The van der Waals surface area contributed by atoms with Crippen LogP contribution in [0.4, 0.5) is 4.39 Å². The molecule has 2 aromatic carbocycles. The number of nitrogens with one attached hydrogen (secondary N) is 1. The Bertz CT molecular complexity index is 1030. The van der Waals surface area contributed by atoms with E-state index in [0.29, 0.717) is 30.2 Å². The molecule has 1 atom stereocenters. The third-order valence-electron chi connectivity index (χ3n) is 4.87. The van der Waals surface area contributed by atoms with E-state index in [1.165, 1.54) is 12.1 Å². The Labute approximate surface area is 162 Å². The van der Waals surface area contributed by atoms with Gasteiger partial charge in [0.25, 0.3) is 0 Å². The molecule has 1 aromatic heterocycles. The number of nitriles is 1. The molecule has 0 radical (unpaired) electrons. The first-order valence-corrected chi connectivity index (χ1v) is 9.22. The SMILES string of the molecule is Cc1ncc(-c2c(CC3CNCCO3)cccc2-c2ccc(C#N)c(F)c2)o1.